The summed E-state index contributed by atoms with van der Waals surface area (Å²) in [6, 6.07) is 19.2. The van der Waals surface area contributed by atoms with Crippen LogP contribution in [0.5, 0.6) is 0 Å². The first-order valence-electron chi connectivity index (χ1n) is 9.25. The van der Waals surface area contributed by atoms with Gasteiger partial charge < -0.3 is 19.7 Å². The number of hydrogen-bond donors (Lipinski definition) is 2. The fourth-order valence-corrected chi connectivity index (χ4v) is 3.42. The van der Waals surface area contributed by atoms with Crippen molar-refractivity contribution in [2.24, 2.45) is 9.98 Å². The molecular formula is C21H23N3O4. The maximum Gasteiger partial charge on any atom is 0.296 e. The van der Waals surface area contributed by atoms with E-state index in [0.717, 1.165) is 11.1 Å². The Morgan fingerprint density at radius 2 is 1.14 bits per heavy atom. The smallest absolute Gasteiger partial charge is 0.296 e. The first-order chi connectivity index (χ1) is 13.7. The lowest BCUT2D eigenvalue weighted by molar-refractivity contribution is 0.127. The molecular weight excluding hydrogens is 358 g/mol. The molecule has 2 aliphatic rings. The van der Waals surface area contributed by atoms with Crippen LogP contribution in [0.3, 0.4) is 0 Å². The van der Waals surface area contributed by atoms with Gasteiger partial charge in [-0.2, -0.15) is 0 Å². The molecule has 0 saturated heterocycles. The van der Waals surface area contributed by atoms with Crippen LogP contribution in [0.1, 0.15) is 23.3 Å². The van der Waals surface area contributed by atoms with Gasteiger partial charge in [-0.25, -0.2) is 9.98 Å². The van der Waals surface area contributed by atoms with Crippen LogP contribution in [0.2, 0.25) is 0 Å². The van der Waals surface area contributed by atoms with E-state index in [0.29, 0.717) is 12.0 Å². The van der Waals surface area contributed by atoms with Gasteiger partial charge >= 0.3 is 0 Å². The van der Waals surface area contributed by atoms with E-state index in [4.69, 9.17) is 9.47 Å². The fourth-order valence-electron chi connectivity index (χ4n) is 3.42. The Morgan fingerprint density at radius 1 is 0.750 bits per heavy atom. The highest BCUT2D eigenvalue weighted by atomic mass is 16.6. The second-order valence-electron chi connectivity index (χ2n) is 6.78. The molecule has 28 heavy (non-hydrogen) atoms. The minimum Gasteiger partial charge on any atom is -0.454 e. The molecule has 0 radical (unpaired) electrons. The molecule has 0 aromatic heterocycles. The van der Waals surface area contributed by atoms with Crippen molar-refractivity contribution < 1.29 is 19.7 Å². The number of aliphatic hydroxyl groups excluding tert-OH is 2. The van der Waals surface area contributed by atoms with Crippen molar-refractivity contribution in [2.75, 3.05) is 20.3 Å². The lowest BCUT2D eigenvalue weighted by atomic mass is 10.0. The van der Waals surface area contributed by atoms with Gasteiger partial charge in [-0.1, -0.05) is 60.7 Å². The highest BCUT2D eigenvalue weighted by molar-refractivity contribution is 5.94. The summed E-state index contributed by atoms with van der Waals surface area (Å²) in [4.78, 5) is 10.6. The number of amidine groups is 2. The van der Waals surface area contributed by atoms with Crippen LogP contribution < -0.4 is 0 Å². The van der Waals surface area contributed by atoms with Gasteiger partial charge in [0.25, 0.3) is 12.0 Å². The number of hydrogen-bond acceptors (Lipinski definition) is 7. The number of benzene rings is 2. The minimum absolute atomic E-state index is 0.129. The van der Waals surface area contributed by atoms with Crippen molar-refractivity contribution in [3.05, 3.63) is 71.8 Å². The lowest BCUT2D eigenvalue weighted by Crippen LogP contribution is -2.34. The van der Waals surface area contributed by atoms with Crippen molar-refractivity contribution in [3.8, 4) is 0 Å². The Hall–Kier alpha value is -2.90. The van der Waals surface area contributed by atoms with Gasteiger partial charge in [-0.15, -0.1) is 0 Å². The van der Waals surface area contributed by atoms with Gasteiger partial charge in [-0.05, 0) is 11.1 Å². The molecule has 7 heteroatoms. The highest BCUT2D eigenvalue weighted by Gasteiger charge is 2.39. The van der Waals surface area contributed by atoms with E-state index >= 15 is 0 Å². The van der Waals surface area contributed by atoms with Crippen LogP contribution in [0.25, 0.3) is 0 Å². The largest absolute Gasteiger partial charge is 0.454 e. The van der Waals surface area contributed by atoms with E-state index in [2.05, 4.69) is 9.98 Å². The molecule has 146 valence electrons. The third-order valence-electron chi connectivity index (χ3n) is 4.92. The van der Waals surface area contributed by atoms with Gasteiger partial charge in [0.2, 0.25) is 0 Å². The number of ether oxygens (including phenoxy) is 2. The summed E-state index contributed by atoms with van der Waals surface area (Å²) in [6.07, 6.45) is -0.742. The molecule has 2 heterocycles. The summed E-state index contributed by atoms with van der Waals surface area (Å²) in [7, 11) is 1.75. The van der Waals surface area contributed by atoms with Gasteiger partial charge in [0.1, 0.15) is 12.1 Å². The maximum absolute atomic E-state index is 9.73. The van der Waals surface area contributed by atoms with Crippen LogP contribution in [0.4, 0.5) is 0 Å². The van der Waals surface area contributed by atoms with Crippen molar-refractivity contribution >= 4 is 12.0 Å². The molecule has 0 bridgehead atoms. The van der Waals surface area contributed by atoms with Gasteiger partial charge in [0.05, 0.1) is 13.2 Å². The molecule has 4 atom stereocenters. The van der Waals surface area contributed by atoms with E-state index in [1.165, 1.54) is 0 Å². The van der Waals surface area contributed by atoms with E-state index in [-0.39, 0.29) is 25.4 Å². The third-order valence-corrected chi connectivity index (χ3v) is 4.92. The average molecular weight is 381 g/mol. The molecule has 0 spiro atoms. The molecule has 4 unspecified atom stereocenters. The third kappa shape index (κ3) is 3.46. The second-order valence-corrected chi connectivity index (χ2v) is 6.78. The summed E-state index contributed by atoms with van der Waals surface area (Å²) in [5.74, 6) is 0. The van der Waals surface area contributed by atoms with Gasteiger partial charge in [0, 0.05) is 7.05 Å². The van der Waals surface area contributed by atoms with E-state index < -0.39 is 12.1 Å². The zero-order chi connectivity index (χ0) is 19.5. The zero-order valence-electron chi connectivity index (χ0n) is 15.5. The number of aliphatic hydroxyl groups is 2. The fraction of sp³-hybridized carbons (Fsp3) is 0.333. The van der Waals surface area contributed by atoms with Crippen LogP contribution in [0, 0.1) is 0 Å². The predicted molar refractivity (Wildman–Crippen MR) is 105 cm³/mol. The van der Waals surface area contributed by atoms with Crippen molar-refractivity contribution in [2.45, 2.75) is 24.3 Å². The normalized spacial score (nSPS) is 26.2. The lowest BCUT2D eigenvalue weighted by Gasteiger charge is -2.21. The zero-order valence-corrected chi connectivity index (χ0v) is 15.5. The molecule has 2 aliphatic heterocycles. The Bertz CT molecular complexity index is 785. The minimum atomic E-state index is -0.402. The summed E-state index contributed by atoms with van der Waals surface area (Å²) in [5.41, 5.74) is 1.89. The number of aliphatic imine (C=N–C) groups is 2. The van der Waals surface area contributed by atoms with Crippen LogP contribution in [-0.2, 0) is 9.47 Å². The maximum atomic E-state index is 9.73. The summed E-state index contributed by atoms with van der Waals surface area (Å²) < 4.78 is 12.1. The summed E-state index contributed by atoms with van der Waals surface area (Å²) in [6.45, 7) is -0.258. The topological polar surface area (TPSA) is 86.9 Å². The van der Waals surface area contributed by atoms with Crippen molar-refractivity contribution in [1.29, 1.82) is 0 Å². The van der Waals surface area contributed by atoms with E-state index in [9.17, 15) is 10.2 Å². The Labute approximate surface area is 163 Å². The van der Waals surface area contributed by atoms with Gasteiger partial charge in [-0.3, -0.25) is 4.90 Å². The van der Waals surface area contributed by atoms with Crippen molar-refractivity contribution in [3.63, 3.8) is 0 Å². The predicted octanol–water partition coefficient (Wildman–Crippen LogP) is 1.90. The molecule has 0 fully saturated rings. The molecule has 2 N–H and O–H groups in total. The van der Waals surface area contributed by atoms with Crippen molar-refractivity contribution in [1.82, 2.24) is 4.90 Å². The van der Waals surface area contributed by atoms with E-state index in [1.54, 1.807) is 11.9 Å². The van der Waals surface area contributed by atoms with Gasteiger partial charge in [0.15, 0.2) is 12.2 Å². The first-order valence-corrected chi connectivity index (χ1v) is 9.25. The van der Waals surface area contributed by atoms with Crippen LogP contribution in [-0.4, -0.2) is 59.5 Å². The molecule has 0 amide bonds. The number of rotatable bonds is 4. The Balaban J connectivity index is 1.52. The molecule has 4 rings (SSSR count). The average Bonchev–Trinajstić information content (AvgIpc) is 3.39. The Kier molecular flexibility index (Phi) is 5.27. The first kappa shape index (κ1) is 18.5. The quantitative estimate of drug-likeness (QED) is 0.845. The Morgan fingerprint density at radius 3 is 1.50 bits per heavy atom. The molecule has 2 aromatic carbocycles. The van der Waals surface area contributed by atoms with Crippen LogP contribution in [0.15, 0.2) is 70.6 Å². The molecule has 0 saturated carbocycles. The standard InChI is InChI=1S/C21H23N3O4/c1-24(20-22-16(12-25)18(27-20)14-8-4-2-5-9-14)21-23-17(13-26)19(28-21)15-10-6-3-7-11-15/h2-11,16-19,25-26H,12-13H2,1H3. The number of nitrogens with zero attached hydrogens (tertiary/aromatic N) is 3. The molecule has 2 aromatic rings. The SMILES string of the molecule is CN(C1=NC(CO)C(c2ccccc2)O1)C1=NC(CO)C(c2ccccc2)O1. The summed E-state index contributed by atoms with van der Waals surface area (Å²) >= 11 is 0. The van der Waals surface area contributed by atoms with E-state index in [1.807, 2.05) is 60.7 Å². The monoisotopic (exact) mass is 381 g/mol. The van der Waals surface area contributed by atoms with Crippen LogP contribution >= 0.6 is 0 Å². The highest BCUT2D eigenvalue weighted by Crippen LogP contribution is 2.33. The summed E-state index contributed by atoms with van der Waals surface area (Å²) in [5, 5.41) is 19.5. The second kappa shape index (κ2) is 8.00. The molecule has 7 nitrogen and oxygen atoms in total. The molecule has 0 aliphatic carbocycles.